The Balaban J connectivity index is 2.51. The van der Waals surface area contributed by atoms with Crippen molar-refractivity contribution < 1.29 is 4.79 Å². The van der Waals surface area contributed by atoms with Gasteiger partial charge in [-0.05, 0) is 36.2 Å². The topological polar surface area (TPSA) is 58.1 Å². The maximum absolute atomic E-state index is 11.9. The van der Waals surface area contributed by atoms with Crippen LogP contribution in [0, 0.1) is 0 Å². The average molecular weight is 343 g/mol. The van der Waals surface area contributed by atoms with Gasteiger partial charge in [-0.2, -0.15) is 0 Å². The van der Waals surface area contributed by atoms with Crippen LogP contribution in [0.15, 0.2) is 10.7 Å². The zero-order valence-electron chi connectivity index (χ0n) is 12.4. The summed E-state index contributed by atoms with van der Waals surface area (Å²) in [6.07, 6.45) is 2.34. The minimum absolute atomic E-state index is 0.171. The van der Waals surface area contributed by atoms with Crippen LogP contribution in [-0.2, 0) is 11.2 Å². The Morgan fingerprint density at radius 1 is 1.30 bits per heavy atom. The van der Waals surface area contributed by atoms with Crippen LogP contribution in [-0.4, -0.2) is 40.4 Å². The molecule has 0 unspecified atom stereocenters. The van der Waals surface area contributed by atoms with Gasteiger partial charge < -0.3 is 10.2 Å². The zero-order valence-corrected chi connectivity index (χ0v) is 14.0. The molecule has 0 saturated heterocycles. The molecule has 0 aliphatic heterocycles. The van der Waals surface area contributed by atoms with Gasteiger partial charge in [-0.1, -0.05) is 6.92 Å². The highest BCUT2D eigenvalue weighted by Gasteiger charge is 2.09. The summed E-state index contributed by atoms with van der Waals surface area (Å²) in [5.41, 5.74) is 0. The Morgan fingerprint density at radius 3 is 2.60 bits per heavy atom. The van der Waals surface area contributed by atoms with Crippen LogP contribution in [0.1, 0.15) is 39.4 Å². The van der Waals surface area contributed by atoms with Gasteiger partial charge in [0.05, 0.1) is 0 Å². The summed E-state index contributed by atoms with van der Waals surface area (Å²) in [6.45, 7) is 8.19. The third-order valence-corrected chi connectivity index (χ3v) is 3.38. The summed E-state index contributed by atoms with van der Waals surface area (Å²) in [5.74, 6) is 1.76. The standard InChI is InChI=1S/C14H23BrN4O/c1-4-7-12-17-11(15)10-13(18-12)16-9-8-14(20)19(5-2)6-3/h10H,4-9H2,1-3H3,(H,16,17,18). The second kappa shape index (κ2) is 8.89. The number of aryl methyl sites for hydroxylation is 1. The van der Waals surface area contributed by atoms with Crippen molar-refractivity contribution >= 4 is 27.7 Å². The highest BCUT2D eigenvalue weighted by atomic mass is 79.9. The van der Waals surface area contributed by atoms with Crippen molar-refractivity contribution in [1.82, 2.24) is 14.9 Å². The summed E-state index contributed by atoms with van der Waals surface area (Å²) in [4.78, 5) is 22.4. The first-order valence-corrected chi connectivity index (χ1v) is 7.95. The second-order valence-corrected chi connectivity index (χ2v) is 5.30. The van der Waals surface area contributed by atoms with E-state index in [1.807, 2.05) is 24.8 Å². The first kappa shape index (κ1) is 16.9. The molecule has 0 spiro atoms. The Bertz CT molecular complexity index is 435. The predicted octanol–water partition coefficient (Wildman–Crippen LogP) is 2.86. The number of carbonyl (C=O) groups is 1. The Morgan fingerprint density at radius 2 is 2.00 bits per heavy atom. The largest absolute Gasteiger partial charge is 0.369 e. The van der Waals surface area contributed by atoms with Gasteiger partial charge in [0.2, 0.25) is 5.91 Å². The van der Waals surface area contributed by atoms with Gasteiger partial charge in [0.25, 0.3) is 0 Å². The minimum Gasteiger partial charge on any atom is -0.369 e. The van der Waals surface area contributed by atoms with E-state index in [1.165, 1.54) is 0 Å². The summed E-state index contributed by atoms with van der Waals surface area (Å²) in [6, 6.07) is 1.83. The number of hydrogen-bond donors (Lipinski definition) is 1. The first-order chi connectivity index (χ1) is 9.60. The van der Waals surface area contributed by atoms with E-state index < -0.39 is 0 Å². The van der Waals surface area contributed by atoms with Crippen molar-refractivity contribution in [2.75, 3.05) is 25.0 Å². The monoisotopic (exact) mass is 342 g/mol. The lowest BCUT2D eigenvalue weighted by atomic mass is 10.3. The molecule has 1 heterocycles. The summed E-state index contributed by atoms with van der Waals surface area (Å²) < 4.78 is 0.772. The normalized spacial score (nSPS) is 10.4. The molecule has 1 aromatic rings. The lowest BCUT2D eigenvalue weighted by molar-refractivity contribution is -0.130. The second-order valence-electron chi connectivity index (χ2n) is 4.48. The number of hydrogen-bond acceptors (Lipinski definition) is 4. The third kappa shape index (κ3) is 5.45. The number of carbonyl (C=O) groups excluding carboxylic acids is 1. The summed E-state index contributed by atoms with van der Waals surface area (Å²) in [5, 5.41) is 3.19. The highest BCUT2D eigenvalue weighted by molar-refractivity contribution is 9.10. The average Bonchev–Trinajstić information content (AvgIpc) is 2.40. The summed E-state index contributed by atoms with van der Waals surface area (Å²) in [7, 11) is 0. The molecule has 6 heteroatoms. The molecule has 0 fully saturated rings. The molecule has 20 heavy (non-hydrogen) atoms. The van der Waals surface area contributed by atoms with E-state index >= 15 is 0 Å². The quantitative estimate of drug-likeness (QED) is 0.738. The van der Waals surface area contributed by atoms with E-state index in [4.69, 9.17) is 0 Å². The number of amides is 1. The van der Waals surface area contributed by atoms with Crippen molar-refractivity contribution in [3.63, 3.8) is 0 Å². The molecule has 0 aliphatic rings. The molecule has 0 radical (unpaired) electrons. The van der Waals surface area contributed by atoms with Crippen molar-refractivity contribution in [3.8, 4) is 0 Å². The smallest absolute Gasteiger partial charge is 0.224 e. The molecule has 1 rings (SSSR count). The molecule has 0 bridgehead atoms. The van der Waals surface area contributed by atoms with E-state index in [1.54, 1.807) is 0 Å². The first-order valence-electron chi connectivity index (χ1n) is 7.15. The van der Waals surface area contributed by atoms with Crippen LogP contribution in [0.2, 0.25) is 0 Å². The number of nitrogens with one attached hydrogen (secondary N) is 1. The predicted molar refractivity (Wildman–Crippen MR) is 84.8 cm³/mol. The Kier molecular flexibility index (Phi) is 7.51. The van der Waals surface area contributed by atoms with Crippen LogP contribution in [0.4, 0.5) is 5.82 Å². The maximum atomic E-state index is 11.9. The molecule has 0 aromatic carbocycles. The van der Waals surface area contributed by atoms with Gasteiger partial charge in [0, 0.05) is 38.5 Å². The fraction of sp³-hybridized carbons (Fsp3) is 0.643. The minimum atomic E-state index is 0.171. The molecule has 1 aromatic heterocycles. The van der Waals surface area contributed by atoms with Crippen molar-refractivity contribution in [2.24, 2.45) is 0 Å². The van der Waals surface area contributed by atoms with E-state index in [0.717, 1.165) is 42.2 Å². The van der Waals surface area contributed by atoms with Gasteiger partial charge in [0.15, 0.2) is 0 Å². The van der Waals surface area contributed by atoms with E-state index in [2.05, 4.69) is 38.1 Å². The molecular formula is C14H23BrN4O. The maximum Gasteiger partial charge on any atom is 0.224 e. The SMILES string of the molecule is CCCc1nc(Br)cc(NCCC(=O)N(CC)CC)n1. The van der Waals surface area contributed by atoms with Crippen LogP contribution in [0.5, 0.6) is 0 Å². The molecule has 1 N–H and O–H groups in total. The van der Waals surface area contributed by atoms with E-state index in [9.17, 15) is 4.79 Å². The number of rotatable bonds is 8. The highest BCUT2D eigenvalue weighted by Crippen LogP contribution is 2.13. The number of halogens is 1. The van der Waals surface area contributed by atoms with Crippen LogP contribution < -0.4 is 5.32 Å². The van der Waals surface area contributed by atoms with Crippen LogP contribution >= 0.6 is 15.9 Å². The molecule has 112 valence electrons. The van der Waals surface area contributed by atoms with Crippen molar-refractivity contribution in [1.29, 1.82) is 0 Å². The van der Waals surface area contributed by atoms with Crippen LogP contribution in [0.25, 0.3) is 0 Å². The van der Waals surface area contributed by atoms with Gasteiger partial charge in [0.1, 0.15) is 16.2 Å². The zero-order chi connectivity index (χ0) is 15.0. The fourth-order valence-corrected chi connectivity index (χ4v) is 2.34. The van der Waals surface area contributed by atoms with Gasteiger partial charge in [-0.15, -0.1) is 0 Å². The van der Waals surface area contributed by atoms with Gasteiger partial charge in [-0.25, -0.2) is 9.97 Å². The fourth-order valence-electron chi connectivity index (χ4n) is 1.92. The Labute approximate surface area is 129 Å². The van der Waals surface area contributed by atoms with Crippen LogP contribution in [0.3, 0.4) is 0 Å². The number of nitrogens with zero attached hydrogens (tertiary/aromatic N) is 3. The lowest BCUT2D eigenvalue weighted by Gasteiger charge is -2.18. The lowest BCUT2D eigenvalue weighted by Crippen LogP contribution is -2.31. The number of aromatic nitrogens is 2. The van der Waals surface area contributed by atoms with Crippen molar-refractivity contribution in [3.05, 3.63) is 16.5 Å². The molecule has 0 aliphatic carbocycles. The van der Waals surface area contributed by atoms with Gasteiger partial charge >= 0.3 is 0 Å². The Hall–Kier alpha value is -1.17. The third-order valence-electron chi connectivity index (χ3n) is 2.98. The molecular weight excluding hydrogens is 320 g/mol. The van der Waals surface area contributed by atoms with E-state index in [-0.39, 0.29) is 5.91 Å². The van der Waals surface area contributed by atoms with Gasteiger partial charge in [-0.3, -0.25) is 4.79 Å². The van der Waals surface area contributed by atoms with Crippen molar-refractivity contribution in [2.45, 2.75) is 40.0 Å². The molecule has 1 amide bonds. The summed E-state index contributed by atoms with van der Waals surface area (Å²) >= 11 is 3.38. The molecule has 0 atom stereocenters. The molecule has 0 saturated carbocycles. The van der Waals surface area contributed by atoms with E-state index in [0.29, 0.717) is 13.0 Å². The molecule has 5 nitrogen and oxygen atoms in total. The number of anilines is 1.